The summed E-state index contributed by atoms with van der Waals surface area (Å²) in [5.74, 6) is 0.470. The van der Waals surface area contributed by atoms with Gasteiger partial charge < -0.3 is 14.5 Å². The molecule has 2 aromatic heterocycles. The van der Waals surface area contributed by atoms with Crippen LogP contribution >= 0.6 is 11.8 Å². The van der Waals surface area contributed by atoms with Gasteiger partial charge >= 0.3 is 13.2 Å². The lowest BCUT2D eigenvalue weighted by molar-refractivity contribution is -0.0508. The molecular weight excluding hydrogens is 374 g/mol. The van der Waals surface area contributed by atoms with Gasteiger partial charge in [0.1, 0.15) is 11.5 Å². The minimum Gasteiger partial charge on any atom is -0.435 e. The van der Waals surface area contributed by atoms with E-state index in [0.717, 1.165) is 0 Å². The molecule has 0 unspecified atom stereocenters. The Morgan fingerprint density at radius 3 is 2.62 bits per heavy atom. The van der Waals surface area contributed by atoms with Gasteiger partial charge in [-0.3, -0.25) is 4.98 Å². The van der Waals surface area contributed by atoms with Crippen molar-refractivity contribution in [1.29, 1.82) is 0 Å². The summed E-state index contributed by atoms with van der Waals surface area (Å²) in [6.45, 7) is -4.16. The number of benzene rings is 1. The first-order chi connectivity index (χ1) is 12.4. The van der Waals surface area contributed by atoms with Gasteiger partial charge in [-0.2, -0.15) is 17.6 Å². The van der Waals surface area contributed by atoms with Crippen LogP contribution in [0.4, 0.5) is 17.6 Å². The van der Waals surface area contributed by atoms with Gasteiger partial charge in [-0.05, 0) is 25.1 Å². The lowest BCUT2D eigenvalue weighted by atomic mass is 10.2. The molecule has 0 saturated heterocycles. The van der Waals surface area contributed by atoms with E-state index in [1.54, 1.807) is 13.0 Å². The molecule has 5 nitrogen and oxygen atoms in total. The molecule has 0 aliphatic rings. The molecule has 0 bridgehead atoms. The molecule has 3 rings (SSSR count). The van der Waals surface area contributed by atoms with Crippen molar-refractivity contribution in [3.8, 4) is 11.5 Å². The number of fused-ring (bicyclic) bond motifs is 1. The first kappa shape index (κ1) is 18.3. The van der Waals surface area contributed by atoms with Crippen LogP contribution in [0, 0.1) is 6.92 Å². The maximum absolute atomic E-state index is 12.4. The number of alkyl halides is 4. The predicted molar refractivity (Wildman–Crippen MR) is 87.9 cm³/mol. The van der Waals surface area contributed by atoms with E-state index in [2.05, 4.69) is 24.4 Å². The molecule has 0 spiro atoms. The Morgan fingerprint density at radius 1 is 1.12 bits per heavy atom. The molecule has 1 aromatic carbocycles. The fourth-order valence-electron chi connectivity index (χ4n) is 2.27. The number of aromatic amines is 1. The van der Waals surface area contributed by atoms with Crippen LogP contribution in [-0.4, -0.2) is 28.2 Å². The lowest BCUT2D eigenvalue weighted by Gasteiger charge is -2.10. The Kier molecular flexibility index (Phi) is 5.50. The van der Waals surface area contributed by atoms with Crippen molar-refractivity contribution in [1.82, 2.24) is 15.0 Å². The molecule has 2 heterocycles. The second-order valence-electron chi connectivity index (χ2n) is 5.15. The number of pyridine rings is 1. The van der Waals surface area contributed by atoms with E-state index < -0.39 is 13.2 Å². The number of hydrogen-bond donors (Lipinski definition) is 1. The SMILES string of the molecule is Cc1c(OC(F)F)ccnc1CSc1nc2ccc(OC(F)F)cc2[nH]1. The van der Waals surface area contributed by atoms with Crippen LogP contribution < -0.4 is 9.47 Å². The van der Waals surface area contributed by atoms with Crippen LogP contribution in [0.15, 0.2) is 35.6 Å². The number of nitrogens with one attached hydrogen (secondary N) is 1. The normalized spacial score (nSPS) is 11.5. The van der Waals surface area contributed by atoms with Gasteiger partial charge in [0.05, 0.1) is 16.7 Å². The number of halogens is 4. The van der Waals surface area contributed by atoms with Crippen LogP contribution in [0.3, 0.4) is 0 Å². The third-order valence-corrected chi connectivity index (χ3v) is 4.36. The molecule has 0 amide bonds. The van der Waals surface area contributed by atoms with Crippen molar-refractivity contribution in [2.45, 2.75) is 31.1 Å². The zero-order chi connectivity index (χ0) is 18.7. The second kappa shape index (κ2) is 7.81. The van der Waals surface area contributed by atoms with Crippen molar-refractivity contribution in [2.24, 2.45) is 0 Å². The number of rotatable bonds is 7. The Balaban J connectivity index is 1.73. The third kappa shape index (κ3) is 4.37. The van der Waals surface area contributed by atoms with Crippen LogP contribution in [-0.2, 0) is 5.75 Å². The van der Waals surface area contributed by atoms with Crippen molar-refractivity contribution in [3.05, 3.63) is 41.7 Å². The molecule has 0 saturated carbocycles. The maximum atomic E-state index is 12.4. The van der Waals surface area contributed by atoms with Crippen LogP contribution in [0.5, 0.6) is 11.5 Å². The summed E-state index contributed by atoms with van der Waals surface area (Å²) in [4.78, 5) is 11.5. The average Bonchev–Trinajstić information content (AvgIpc) is 2.97. The molecular formula is C16H13F4N3O2S. The number of thioether (sulfide) groups is 1. The molecule has 138 valence electrons. The van der Waals surface area contributed by atoms with E-state index in [-0.39, 0.29) is 11.5 Å². The number of ether oxygens (including phenoxy) is 2. The van der Waals surface area contributed by atoms with Crippen molar-refractivity contribution >= 4 is 22.8 Å². The molecule has 1 N–H and O–H groups in total. The summed E-state index contributed by atoms with van der Waals surface area (Å²) in [7, 11) is 0. The summed E-state index contributed by atoms with van der Waals surface area (Å²) >= 11 is 1.30. The quantitative estimate of drug-likeness (QED) is 0.468. The van der Waals surface area contributed by atoms with E-state index in [1.807, 2.05) is 0 Å². The number of H-pyrrole nitrogens is 1. The predicted octanol–water partition coefficient (Wildman–Crippen LogP) is 4.76. The Labute approximate surface area is 149 Å². The Bertz CT molecular complexity index is 904. The largest absolute Gasteiger partial charge is 0.435 e. The summed E-state index contributed by atoms with van der Waals surface area (Å²) in [6.07, 6.45) is 1.40. The molecule has 10 heteroatoms. The summed E-state index contributed by atoms with van der Waals surface area (Å²) < 4.78 is 58.1. The lowest BCUT2D eigenvalue weighted by Crippen LogP contribution is -2.05. The molecule has 0 fully saturated rings. The summed E-state index contributed by atoms with van der Waals surface area (Å²) in [6, 6.07) is 5.77. The minimum absolute atomic E-state index is 0.0297. The van der Waals surface area contributed by atoms with Gasteiger partial charge in [0.25, 0.3) is 0 Å². The van der Waals surface area contributed by atoms with Crippen LogP contribution in [0.2, 0.25) is 0 Å². The van der Waals surface area contributed by atoms with Crippen molar-refractivity contribution in [2.75, 3.05) is 0 Å². The number of aromatic nitrogens is 3. The van der Waals surface area contributed by atoms with Gasteiger partial charge in [-0.15, -0.1) is 0 Å². The minimum atomic E-state index is -2.91. The fraction of sp³-hybridized carbons (Fsp3) is 0.250. The molecule has 0 radical (unpaired) electrons. The number of imidazole rings is 1. The van der Waals surface area contributed by atoms with Crippen LogP contribution in [0.1, 0.15) is 11.3 Å². The van der Waals surface area contributed by atoms with E-state index in [9.17, 15) is 17.6 Å². The standard InChI is InChI=1S/C16H13F4N3O2S/c1-8-12(21-5-4-13(8)25-15(19)20)7-26-16-22-10-3-2-9(24-14(17)18)6-11(10)23-16/h2-6,14-15H,7H2,1H3,(H,22,23). The average molecular weight is 387 g/mol. The van der Waals surface area contributed by atoms with Crippen molar-refractivity contribution in [3.63, 3.8) is 0 Å². The van der Waals surface area contributed by atoms with Gasteiger partial charge in [-0.25, -0.2) is 4.98 Å². The van der Waals surface area contributed by atoms with E-state index >= 15 is 0 Å². The first-order valence-corrected chi connectivity index (χ1v) is 8.37. The zero-order valence-corrected chi connectivity index (χ0v) is 14.2. The van der Waals surface area contributed by atoms with E-state index in [0.29, 0.717) is 33.2 Å². The highest BCUT2D eigenvalue weighted by atomic mass is 32.2. The van der Waals surface area contributed by atoms with E-state index in [4.69, 9.17) is 0 Å². The van der Waals surface area contributed by atoms with E-state index in [1.165, 1.54) is 36.2 Å². The molecule has 0 atom stereocenters. The highest BCUT2D eigenvalue weighted by Crippen LogP contribution is 2.28. The molecule has 26 heavy (non-hydrogen) atoms. The highest BCUT2D eigenvalue weighted by Gasteiger charge is 2.13. The third-order valence-electron chi connectivity index (χ3n) is 3.48. The first-order valence-electron chi connectivity index (χ1n) is 7.39. The topological polar surface area (TPSA) is 60.0 Å². The Hall–Kier alpha value is -2.49. The Morgan fingerprint density at radius 2 is 1.88 bits per heavy atom. The second-order valence-corrected chi connectivity index (χ2v) is 6.11. The summed E-state index contributed by atoms with van der Waals surface area (Å²) in [5, 5.41) is 0.538. The monoisotopic (exact) mass is 387 g/mol. The highest BCUT2D eigenvalue weighted by molar-refractivity contribution is 7.98. The van der Waals surface area contributed by atoms with Crippen LogP contribution in [0.25, 0.3) is 11.0 Å². The smallest absolute Gasteiger partial charge is 0.387 e. The molecule has 0 aliphatic carbocycles. The fourth-order valence-corrected chi connectivity index (χ4v) is 3.18. The number of hydrogen-bond acceptors (Lipinski definition) is 5. The number of nitrogens with zero attached hydrogens (tertiary/aromatic N) is 2. The van der Waals surface area contributed by atoms with Gasteiger partial charge in [0, 0.05) is 23.6 Å². The maximum Gasteiger partial charge on any atom is 0.387 e. The van der Waals surface area contributed by atoms with Gasteiger partial charge in [-0.1, -0.05) is 11.8 Å². The molecule has 3 aromatic rings. The molecule has 0 aliphatic heterocycles. The zero-order valence-electron chi connectivity index (χ0n) is 13.4. The van der Waals surface area contributed by atoms with Gasteiger partial charge in [0.2, 0.25) is 0 Å². The van der Waals surface area contributed by atoms with Gasteiger partial charge in [0.15, 0.2) is 5.16 Å². The summed E-state index contributed by atoms with van der Waals surface area (Å²) in [5.41, 5.74) is 2.23. The van der Waals surface area contributed by atoms with Crippen molar-refractivity contribution < 1.29 is 27.0 Å².